The molecule has 2 aliphatic rings. The molecular formula is C25H34ClF3N4O6S. The van der Waals surface area contributed by atoms with E-state index in [4.69, 9.17) is 26.2 Å². The number of ether oxygens (including phenoxy) is 1. The number of hydrogen-bond acceptors (Lipinski definition) is 7. The highest BCUT2D eigenvalue weighted by Crippen LogP contribution is 2.33. The second-order valence-electron chi connectivity index (χ2n) is 9.84. The Morgan fingerprint density at radius 3 is 2.48 bits per heavy atom. The summed E-state index contributed by atoms with van der Waals surface area (Å²) in [4.78, 5) is 13.1. The first-order valence-electron chi connectivity index (χ1n) is 12.9. The summed E-state index contributed by atoms with van der Waals surface area (Å²) in [6.07, 6.45) is 3.87. The van der Waals surface area contributed by atoms with Crippen LogP contribution in [0.1, 0.15) is 39.0 Å². The third-order valence-corrected chi connectivity index (χ3v) is 9.14. The molecule has 1 aromatic carbocycles. The number of benzene rings is 1. The van der Waals surface area contributed by atoms with Crippen molar-refractivity contribution in [2.75, 3.05) is 25.0 Å². The lowest BCUT2D eigenvalue weighted by Crippen LogP contribution is -2.41. The highest BCUT2D eigenvalue weighted by molar-refractivity contribution is 7.89. The SMILES string of the molecule is CCCOC1CCN(S(=O)(=O)c2ccc(N[C@@H]3CC(Cn4ccnc4)C[C@H]3O)cc2Cl)CC1.O=C(O)C(F)(F)F. The van der Waals surface area contributed by atoms with E-state index in [2.05, 4.69) is 17.2 Å². The first-order valence-corrected chi connectivity index (χ1v) is 14.7. The van der Waals surface area contributed by atoms with Gasteiger partial charge in [-0.3, -0.25) is 0 Å². The van der Waals surface area contributed by atoms with Crippen LogP contribution in [-0.4, -0.2) is 82.6 Å². The average molecular weight is 611 g/mol. The van der Waals surface area contributed by atoms with E-state index in [1.54, 1.807) is 30.7 Å². The number of alkyl halides is 3. The molecule has 0 spiro atoms. The third kappa shape index (κ3) is 8.80. The molecule has 1 unspecified atom stereocenters. The largest absolute Gasteiger partial charge is 0.490 e. The quantitative estimate of drug-likeness (QED) is 0.388. The van der Waals surface area contributed by atoms with Crippen LogP contribution >= 0.6 is 11.6 Å². The van der Waals surface area contributed by atoms with Gasteiger partial charge in [0.1, 0.15) is 4.90 Å². The Kier molecular flexibility index (Phi) is 11.2. The predicted molar refractivity (Wildman–Crippen MR) is 142 cm³/mol. The third-order valence-electron chi connectivity index (χ3n) is 6.76. The standard InChI is InChI=1S/C23H33ClN4O4S.C2HF3O2/c1-2-11-32-19-5-8-28(9-6-19)33(30,31)23-4-3-18(14-20(23)24)26-21-12-17(13-22(21)29)15-27-10-7-25-16-27;3-2(4,5)1(6)7/h3-4,7,10,14,16-17,19,21-22,26,29H,2,5-6,8-9,11-13,15H2,1H3;(H,6,7)/t17?,21-,22-;/m1./s1. The second kappa shape index (κ2) is 14.0. The Morgan fingerprint density at radius 1 is 1.25 bits per heavy atom. The van der Waals surface area contributed by atoms with Crippen molar-refractivity contribution in [2.24, 2.45) is 5.92 Å². The van der Waals surface area contributed by atoms with Crippen LogP contribution in [0.5, 0.6) is 0 Å². The zero-order chi connectivity index (χ0) is 29.5. The molecule has 0 bridgehead atoms. The minimum atomic E-state index is -5.08. The summed E-state index contributed by atoms with van der Waals surface area (Å²) in [6, 6.07) is 4.82. The number of aliphatic hydroxyl groups is 1. The number of piperidine rings is 1. The Hall–Kier alpha value is -2.39. The molecule has 0 amide bonds. The number of nitrogens with zero attached hydrogens (tertiary/aromatic N) is 3. The summed E-state index contributed by atoms with van der Waals surface area (Å²) < 4.78 is 67.3. The van der Waals surface area contributed by atoms with E-state index in [1.165, 1.54) is 4.31 Å². The molecule has 4 rings (SSSR count). The molecule has 1 aromatic heterocycles. The van der Waals surface area contributed by atoms with Crippen molar-refractivity contribution >= 4 is 33.3 Å². The van der Waals surface area contributed by atoms with E-state index in [9.17, 15) is 26.7 Å². The minimum Gasteiger partial charge on any atom is -0.475 e. The van der Waals surface area contributed by atoms with Gasteiger partial charge in [0.15, 0.2) is 0 Å². The number of aromatic nitrogens is 2. The molecule has 1 aliphatic heterocycles. The summed E-state index contributed by atoms with van der Waals surface area (Å²) in [7, 11) is -3.67. The summed E-state index contributed by atoms with van der Waals surface area (Å²) in [5.41, 5.74) is 0.706. The van der Waals surface area contributed by atoms with E-state index < -0.39 is 28.3 Å². The minimum absolute atomic E-state index is 0.112. The summed E-state index contributed by atoms with van der Waals surface area (Å²) >= 11 is 6.43. The lowest BCUT2D eigenvalue weighted by atomic mass is 10.1. The van der Waals surface area contributed by atoms with Crippen molar-refractivity contribution < 1.29 is 41.3 Å². The molecule has 224 valence electrons. The Bertz CT molecular complexity index is 1210. The fourth-order valence-electron chi connectivity index (χ4n) is 4.79. The van der Waals surface area contributed by atoms with E-state index in [0.717, 1.165) is 19.4 Å². The smallest absolute Gasteiger partial charge is 0.475 e. The van der Waals surface area contributed by atoms with Gasteiger partial charge in [-0.1, -0.05) is 18.5 Å². The first kappa shape index (κ1) is 32.1. The first-order chi connectivity index (χ1) is 18.8. The van der Waals surface area contributed by atoms with Gasteiger partial charge >= 0.3 is 12.1 Å². The number of nitrogens with one attached hydrogen (secondary N) is 1. The van der Waals surface area contributed by atoms with Crippen LogP contribution in [0.4, 0.5) is 18.9 Å². The molecule has 0 radical (unpaired) electrons. The number of sulfonamides is 1. The van der Waals surface area contributed by atoms with Crippen molar-refractivity contribution in [3.8, 4) is 0 Å². The fraction of sp³-hybridized carbons (Fsp3) is 0.600. The van der Waals surface area contributed by atoms with Gasteiger partial charge in [-0.25, -0.2) is 18.2 Å². The molecule has 3 atom stereocenters. The van der Waals surface area contributed by atoms with Gasteiger partial charge in [-0.05, 0) is 56.2 Å². The molecule has 1 saturated heterocycles. The van der Waals surface area contributed by atoms with Gasteiger partial charge in [-0.15, -0.1) is 0 Å². The van der Waals surface area contributed by atoms with Crippen LogP contribution in [0.25, 0.3) is 0 Å². The Morgan fingerprint density at radius 2 is 1.93 bits per heavy atom. The van der Waals surface area contributed by atoms with Crippen molar-refractivity contribution in [3.63, 3.8) is 0 Å². The number of carboxylic acids is 1. The van der Waals surface area contributed by atoms with Crippen LogP contribution < -0.4 is 5.32 Å². The number of carboxylic acid groups (broad SMARTS) is 1. The molecule has 2 aromatic rings. The van der Waals surface area contributed by atoms with Gasteiger partial charge in [0.2, 0.25) is 10.0 Å². The lowest BCUT2D eigenvalue weighted by Gasteiger charge is -2.31. The van der Waals surface area contributed by atoms with Crippen LogP contribution in [0.3, 0.4) is 0 Å². The van der Waals surface area contributed by atoms with Gasteiger partial charge in [0.05, 0.1) is 29.6 Å². The number of rotatable bonds is 9. The summed E-state index contributed by atoms with van der Waals surface area (Å²) in [5.74, 6) is -2.42. The van der Waals surface area contributed by atoms with E-state index >= 15 is 0 Å². The number of halogens is 4. The Labute approximate surface area is 236 Å². The van der Waals surface area contributed by atoms with Gasteiger partial charge < -0.3 is 24.8 Å². The molecule has 40 heavy (non-hydrogen) atoms. The molecule has 2 fully saturated rings. The van der Waals surface area contributed by atoms with Crippen molar-refractivity contribution in [2.45, 2.75) is 74.9 Å². The number of carbonyl (C=O) groups is 1. The maximum absolute atomic E-state index is 13.2. The van der Waals surface area contributed by atoms with Gasteiger partial charge in [0, 0.05) is 44.3 Å². The molecule has 2 heterocycles. The maximum atomic E-state index is 13.2. The number of aliphatic carboxylic acids is 1. The summed E-state index contributed by atoms with van der Waals surface area (Å²) in [5, 5.41) is 21.2. The monoisotopic (exact) mass is 610 g/mol. The molecule has 1 saturated carbocycles. The predicted octanol–water partition coefficient (Wildman–Crippen LogP) is 4.00. The average Bonchev–Trinajstić information content (AvgIpc) is 3.52. The maximum Gasteiger partial charge on any atom is 0.490 e. The van der Waals surface area contributed by atoms with E-state index in [1.807, 2.05) is 10.8 Å². The number of imidazole rings is 1. The van der Waals surface area contributed by atoms with Crippen molar-refractivity contribution in [1.29, 1.82) is 0 Å². The normalized spacial score (nSPS) is 22.5. The number of hydrogen-bond donors (Lipinski definition) is 3. The Balaban J connectivity index is 0.000000559. The van der Waals surface area contributed by atoms with Crippen LogP contribution in [0.2, 0.25) is 5.02 Å². The van der Waals surface area contributed by atoms with E-state index in [0.29, 0.717) is 50.6 Å². The van der Waals surface area contributed by atoms with Crippen LogP contribution in [0.15, 0.2) is 41.8 Å². The van der Waals surface area contributed by atoms with Crippen LogP contribution in [-0.2, 0) is 26.1 Å². The molecular weight excluding hydrogens is 577 g/mol. The van der Waals surface area contributed by atoms with Gasteiger partial charge in [-0.2, -0.15) is 17.5 Å². The molecule has 15 heteroatoms. The number of anilines is 1. The van der Waals surface area contributed by atoms with Crippen molar-refractivity contribution in [1.82, 2.24) is 13.9 Å². The molecule has 1 aliphatic carbocycles. The fourth-order valence-corrected chi connectivity index (χ4v) is 6.78. The summed E-state index contributed by atoms with van der Waals surface area (Å²) in [6.45, 7) is 4.44. The molecule has 3 N–H and O–H groups in total. The molecule has 10 nitrogen and oxygen atoms in total. The second-order valence-corrected chi connectivity index (χ2v) is 12.2. The zero-order valence-electron chi connectivity index (χ0n) is 21.9. The van der Waals surface area contributed by atoms with Crippen molar-refractivity contribution in [3.05, 3.63) is 41.9 Å². The lowest BCUT2D eigenvalue weighted by molar-refractivity contribution is -0.192. The highest BCUT2D eigenvalue weighted by atomic mass is 35.5. The highest BCUT2D eigenvalue weighted by Gasteiger charge is 2.38. The van der Waals surface area contributed by atoms with Crippen LogP contribution in [0, 0.1) is 5.92 Å². The van der Waals surface area contributed by atoms with E-state index in [-0.39, 0.29) is 22.1 Å². The number of aliphatic hydroxyl groups excluding tert-OH is 1. The topological polar surface area (TPSA) is 134 Å². The van der Waals surface area contributed by atoms with Gasteiger partial charge in [0.25, 0.3) is 0 Å². The zero-order valence-corrected chi connectivity index (χ0v) is 23.5.